The molecular weight excluding hydrogens is 122 g/mol. The number of hydrogen-bond acceptors (Lipinski definition) is 5. The van der Waals surface area contributed by atoms with Crippen molar-refractivity contribution in [2.24, 2.45) is 0 Å². The van der Waals surface area contributed by atoms with Gasteiger partial charge >= 0.3 is 0 Å². The maximum absolute atomic E-state index is 8.43. The molecule has 0 fully saturated rings. The second-order valence-corrected chi connectivity index (χ2v) is 1.37. The van der Waals surface area contributed by atoms with E-state index in [9.17, 15) is 0 Å². The van der Waals surface area contributed by atoms with Crippen molar-refractivity contribution < 1.29 is 10.2 Å². The van der Waals surface area contributed by atoms with E-state index in [1.807, 2.05) is 0 Å². The zero-order valence-electron chi connectivity index (χ0n) is 4.47. The van der Waals surface area contributed by atoms with Crippen LogP contribution in [-0.4, -0.2) is 25.2 Å². The highest BCUT2D eigenvalue weighted by atomic mass is 16.5. The Morgan fingerprint density at radius 1 is 1.22 bits per heavy atom. The molecule has 5 heteroatoms. The van der Waals surface area contributed by atoms with Gasteiger partial charge in [-0.15, -0.1) is 0 Å². The lowest BCUT2D eigenvalue weighted by atomic mass is 10.6. The molecule has 1 heterocycles. The first kappa shape index (κ1) is 6.06. The summed E-state index contributed by atoms with van der Waals surface area (Å²) in [5.74, 6) is -0.0370. The predicted molar refractivity (Wildman–Crippen MR) is 27.0 cm³/mol. The fourth-order valence-electron chi connectivity index (χ4n) is 0.381. The monoisotopic (exact) mass is 127 g/mol. The van der Waals surface area contributed by atoms with Crippen LogP contribution >= 0.6 is 0 Å². The fourth-order valence-corrected chi connectivity index (χ4v) is 0.381. The van der Waals surface area contributed by atoms with Crippen LogP contribution in [0.2, 0.25) is 0 Å². The zero-order valence-corrected chi connectivity index (χ0v) is 4.47. The molecule has 0 amide bonds. The first-order valence-corrected chi connectivity index (χ1v) is 2.29. The third-order valence-corrected chi connectivity index (χ3v) is 0.744. The maximum Gasteiger partial charge on any atom is 0.214 e. The van der Waals surface area contributed by atoms with Crippen LogP contribution in [0.25, 0.3) is 0 Å². The van der Waals surface area contributed by atoms with Crippen LogP contribution in [0.4, 0.5) is 0 Å². The molecule has 2 N–H and O–H groups in total. The average molecular weight is 127 g/mol. The molecule has 0 aromatic carbocycles. The molecule has 9 heavy (non-hydrogen) atoms. The molecule has 0 aliphatic carbocycles. The Morgan fingerprint density at radius 3 is 2.11 bits per heavy atom. The van der Waals surface area contributed by atoms with Gasteiger partial charge in [-0.1, -0.05) is 0 Å². The van der Waals surface area contributed by atoms with Gasteiger partial charge in [0.1, 0.15) is 12.7 Å². The van der Waals surface area contributed by atoms with Gasteiger partial charge in [-0.25, -0.2) is 15.0 Å². The summed E-state index contributed by atoms with van der Waals surface area (Å²) in [6.45, 7) is 0. The number of hydrogen-bond donors (Lipinski definition) is 2. The average Bonchev–Trinajstić information content (AvgIpc) is 1.90. The molecule has 1 rings (SSSR count). The van der Waals surface area contributed by atoms with E-state index in [1.54, 1.807) is 0 Å². The molecule has 0 saturated heterocycles. The van der Waals surface area contributed by atoms with E-state index in [2.05, 4.69) is 15.0 Å². The normalized spacial score (nSPS) is 10.1. The Bertz CT molecular complexity index is 176. The lowest BCUT2D eigenvalue weighted by Crippen LogP contribution is -2.01. The Balaban J connectivity index is 2.85. The second kappa shape index (κ2) is 2.47. The van der Waals surface area contributed by atoms with Gasteiger partial charge in [-0.05, 0) is 0 Å². The lowest BCUT2D eigenvalue weighted by Gasteiger charge is -1.96. The van der Waals surface area contributed by atoms with Gasteiger partial charge in [0.25, 0.3) is 0 Å². The summed E-state index contributed by atoms with van der Waals surface area (Å²) in [7, 11) is 0. The highest BCUT2D eigenvalue weighted by Crippen LogP contribution is 1.96. The summed E-state index contributed by atoms with van der Waals surface area (Å²) < 4.78 is 0. The topological polar surface area (TPSA) is 79.1 Å². The van der Waals surface area contributed by atoms with Crippen LogP contribution < -0.4 is 0 Å². The van der Waals surface area contributed by atoms with Gasteiger partial charge in [0.05, 0.1) is 0 Å². The summed E-state index contributed by atoms with van der Waals surface area (Å²) in [5.41, 5.74) is 0. The number of nitrogens with zero attached hydrogens (tertiary/aromatic N) is 3. The van der Waals surface area contributed by atoms with Crippen molar-refractivity contribution in [1.29, 1.82) is 0 Å². The summed E-state index contributed by atoms with van der Waals surface area (Å²) in [4.78, 5) is 10.4. The molecule has 0 atom stereocenters. The lowest BCUT2D eigenvalue weighted by molar-refractivity contribution is -0.0496. The number of aromatic nitrogens is 3. The van der Waals surface area contributed by atoms with Gasteiger partial charge in [-0.2, -0.15) is 0 Å². The molecule has 48 valence electrons. The molecule has 1 aromatic rings. The first-order valence-electron chi connectivity index (χ1n) is 2.29. The van der Waals surface area contributed by atoms with Gasteiger partial charge in [0.15, 0.2) is 5.82 Å². The molecule has 0 saturated carbocycles. The standard InChI is InChI=1S/C4H5N3O2/c8-4(9)3-6-1-5-2-7-3/h1-2,4,8-9H. The van der Waals surface area contributed by atoms with Crippen LogP contribution in [0.15, 0.2) is 12.7 Å². The van der Waals surface area contributed by atoms with Crippen molar-refractivity contribution in [3.63, 3.8) is 0 Å². The zero-order chi connectivity index (χ0) is 6.69. The molecule has 0 aliphatic rings. The summed E-state index contributed by atoms with van der Waals surface area (Å²) in [5, 5.41) is 16.9. The van der Waals surface area contributed by atoms with E-state index in [4.69, 9.17) is 10.2 Å². The minimum atomic E-state index is -1.60. The van der Waals surface area contributed by atoms with E-state index in [0.29, 0.717) is 0 Å². The SMILES string of the molecule is OC(O)c1ncncn1. The van der Waals surface area contributed by atoms with Crippen LogP contribution in [0.1, 0.15) is 12.1 Å². The molecule has 0 bridgehead atoms. The predicted octanol–water partition coefficient (Wildman–Crippen LogP) is -1.15. The number of rotatable bonds is 1. The Hall–Kier alpha value is -1.07. The van der Waals surface area contributed by atoms with Crippen molar-refractivity contribution in [2.75, 3.05) is 0 Å². The van der Waals surface area contributed by atoms with Crippen molar-refractivity contribution in [1.82, 2.24) is 15.0 Å². The molecular formula is C4H5N3O2. The highest BCUT2D eigenvalue weighted by molar-refractivity contribution is 4.80. The molecule has 0 aliphatic heterocycles. The molecule has 0 unspecified atom stereocenters. The Kier molecular flexibility index (Phi) is 1.66. The van der Waals surface area contributed by atoms with E-state index in [1.165, 1.54) is 12.7 Å². The van der Waals surface area contributed by atoms with E-state index in [-0.39, 0.29) is 5.82 Å². The maximum atomic E-state index is 8.43. The van der Waals surface area contributed by atoms with Gasteiger partial charge in [-0.3, -0.25) is 0 Å². The van der Waals surface area contributed by atoms with Crippen molar-refractivity contribution in [3.05, 3.63) is 18.5 Å². The second-order valence-electron chi connectivity index (χ2n) is 1.37. The fraction of sp³-hybridized carbons (Fsp3) is 0.250. The third kappa shape index (κ3) is 1.41. The van der Waals surface area contributed by atoms with Crippen LogP contribution in [0, 0.1) is 0 Å². The highest BCUT2D eigenvalue weighted by Gasteiger charge is 2.02. The summed E-state index contributed by atoms with van der Waals surface area (Å²) in [6, 6.07) is 0. The summed E-state index contributed by atoms with van der Waals surface area (Å²) >= 11 is 0. The van der Waals surface area contributed by atoms with Gasteiger partial charge in [0.2, 0.25) is 6.29 Å². The van der Waals surface area contributed by atoms with Crippen molar-refractivity contribution in [2.45, 2.75) is 6.29 Å². The number of aliphatic hydroxyl groups is 2. The molecule has 0 radical (unpaired) electrons. The summed E-state index contributed by atoms with van der Waals surface area (Å²) in [6.07, 6.45) is 0.789. The minimum Gasteiger partial charge on any atom is -0.362 e. The molecule has 5 nitrogen and oxygen atoms in total. The number of aliphatic hydroxyl groups excluding tert-OH is 1. The quantitative estimate of drug-likeness (QED) is 0.466. The van der Waals surface area contributed by atoms with E-state index < -0.39 is 6.29 Å². The van der Waals surface area contributed by atoms with Crippen LogP contribution in [-0.2, 0) is 0 Å². The molecule has 0 spiro atoms. The van der Waals surface area contributed by atoms with Crippen molar-refractivity contribution in [3.8, 4) is 0 Å². The minimum absolute atomic E-state index is 0.0370. The van der Waals surface area contributed by atoms with Gasteiger partial charge in [0, 0.05) is 0 Å². The Labute approximate surface area is 51.0 Å². The van der Waals surface area contributed by atoms with Crippen LogP contribution in [0.3, 0.4) is 0 Å². The Morgan fingerprint density at radius 2 is 1.78 bits per heavy atom. The third-order valence-electron chi connectivity index (χ3n) is 0.744. The van der Waals surface area contributed by atoms with Gasteiger partial charge < -0.3 is 10.2 Å². The van der Waals surface area contributed by atoms with E-state index >= 15 is 0 Å². The van der Waals surface area contributed by atoms with Crippen LogP contribution in [0.5, 0.6) is 0 Å². The smallest absolute Gasteiger partial charge is 0.214 e. The molecule has 1 aromatic heterocycles. The van der Waals surface area contributed by atoms with E-state index in [0.717, 1.165) is 0 Å². The van der Waals surface area contributed by atoms with Crippen molar-refractivity contribution >= 4 is 0 Å². The largest absolute Gasteiger partial charge is 0.362 e. The first-order chi connectivity index (χ1) is 4.30.